The summed E-state index contributed by atoms with van der Waals surface area (Å²) in [5, 5.41) is 12.7. The highest BCUT2D eigenvalue weighted by Gasteiger charge is 2.36. The second kappa shape index (κ2) is 4.63. The van der Waals surface area contributed by atoms with Crippen LogP contribution in [0, 0.1) is 0 Å². The number of nitrogens with zero attached hydrogens (tertiary/aromatic N) is 2. The summed E-state index contributed by atoms with van der Waals surface area (Å²) >= 11 is 0. The molecule has 3 rings (SSSR count). The number of carboxylic acid groups (broad SMARTS) is 1. The number of fused-ring (bicyclic) bond motifs is 2. The maximum Gasteiger partial charge on any atom is 0.356 e. The molecule has 19 heavy (non-hydrogen) atoms. The van der Waals surface area contributed by atoms with Gasteiger partial charge in [-0.05, 0) is 39.5 Å². The van der Waals surface area contributed by atoms with E-state index in [0.29, 0.717) is 18.0 Å². The van der Waals surface area contributed by atoms with Crippen molar-refractivity contribution in [3.05, 3.63) is 17.7 Å². The Bertz CT molecular complexity index is 483. The predicted molar refractivity (Wildman–Crippen MR) is 71.5 cm³/mol. The van der Waals surface area contributed by atoms with Crippen LogP contribution in [0.3, 0.4) is 0 Å². The maximum absolute atomic E-state index is 11.1. The van der Waals surface area contributed by atoms with Crippen LogP contribution in [0.4, 0.5) is 0 Å². The molecule has 0 aromatic carbocycles. The Kier molecular flexibility index (Phi) is 3.09. The van der Waals surface area contributed by atoms with Gasteiger partial charge in [0.1, 0.15) is 5.82 Å². The summed E-state index contributed by atoms with van der Waals surface area (Å²) in [6.07, 6.45) is 6.34. The normalized spacial score (nSPS) is 29.9. The molecule has 1 aromatic rings. The van der Waals surface area contributed by atoms with E-state index < -0.39 is 5.97 Å². The van der Waals surface area contributed by atoms with Crippen molar-refractivity contribution in [3.8, 4) is 0 Å². The molecule has 104 valence electrons. The molecule has 2 fully saturated rings. The summed E-state index contributed by atoms with van der Waals surface area (Å²) in [5.74, 6) is 0.428. The van der Waals surface area contributed by atoms with Gasteiger partial charge in [-0.1, -0.05) is 0 Å². The zero-order chi connectivity index (χ0) is 13.6. The van der Waals surface area contributed by atoms with Crippen LogP contribution in [-0.4, -0.2) is 32.7 Å². The van der Waals surface area contributed by atoms with Gasteiger partial charge in [-0.25, -0.2) is 9.78 Å². The van der Waals surface area contributed by atoms with Crippen LogP contribution in [0.1, 0.15) is 67.8 Å². The van der Waals surface area contributed by atoms with Gasteiger partial charge in [-0.3, -0.25) is 0 Å². The van der Waals surface area contributed by atoms with Gasteiger partial charge < -0.3 is 15.0 Å². The largest absolute Gasteiger partial charge is 0.476 e. The van der Waals surface area contributed by atoms with Crippen LogP contribution in [0.25, 0.3) is 0 Å². The molecule has 5 nitrogen and oxygen atoms in total. The number of aromatic carboxylic acids is 1. The first-order chi connectivity index (χ1) is 9.04. The number of carbonyl (C=O) groups is 1. The lowest BCUT2D eigenvalue weighted by Gasteiger charge is -2.29. The number of imidazole rings is 1. The number of aromatic nitrogens is 2. The molecule has 2 N–H and O–H groups in total. The predicted octanol–water partition coefficient (Wildman–Crippen LogP) is 2.16. The lowest BCUT2D eigenvalue weighted by Crippen LogP contribution is -2.38. The van der Waals surface area contributed by atoms with E-state index in [-0.39, 0.29) is 11.7 Å². The minimum atomic E-state index is -0.933. The van der Waals surface area contributed by atoms with Crippen LogP contribution in [0.5, 0.6) is 0 Å². The Balaban J connectivity index is 1.92. The first kappa shape index (κ1) is 12.7. The highest BCUT2D eigenvalue weighted by molar-refractivity contribution is 5.85. The fourth-order valence-electron chi connectivity index (χ4n) is 3.49. The van der Waals surface area contributed by atoms with Crippen LogP contribution in [-0.2, 0) is 0 Å². The Morgan fingerprint density at radius 1 is 1.42 bits per heavy atom. The Morgan fingerprint density at radius 3 is 2.58 bits per heavy atom. The van der Waals surface area contributed by atoms with E-state index in [1.54, 1.807) is 6.20 Å². The second-order valence-electron chi connectivity index (χ2n) is 6.10. The molecule has 0 amide bonds. The molecule has 1 aromatic heterocycles. The fraction of sp³-hybridized carbons (Fsp3) is 0.714. The topological polar surface area (TPSA) is 67.2 Å². The third-order valence-electron chi connectivity index (χ3n) is 4.37. The first-order valence-corrected chi connectivity index (χ1v) is 7.12. The van der Waals surface area contributed by atoms with Gasteiger partial charge in [0.2, 0.25) is 0 Å². The third-order valence-corrected chi connectivity index (χ3v) is 4.37. The highest BCUT2D eigenvalue weighted by atomic mass is 16.4. The van der Waals surface area contributed by atoms with Crippen molar-refractivity contribution in [1.82, 2.24) is 14.9 Å². The Labute approximate surface area is 113 Å². The smallest absolute Gasteiger partial charge is 0.356 e. The average Bonchev–Trinajstić information content (AvgIpc) is 2.93. The van der Waals surface area contributed by atoms with E-state index in [0.717, 1.165) is 18.7 Å². The van der Waals surface area contributed by atoms with Crippen molar-refractivity contribution in [2.24, 2.45) is 0 Å². The van der Waals surface area contributed by atoms with E-state index in [9.17, 15) is 4.79 Å². The van der Waals surface area contributed by atoms with Gasteiger partial charge in [-0.15, -0.1) is 0 Å². The monoisotopic (exact) mass is 263 g/mol. The molecule has 3 heterocycles. The number of carboxylic acids is 1. The minimum Gasteiger partial charge on any atom is -0.476 e. The molecule has 2 unspecified atom stereocenters. The van der Waals surface area contributed by atoms with Crippen LogP contribution >= 0.6 is 0 Å². The van der Waals surface area contributed by atoms with Crippen molar-refractivity contribution < 1.29 is 9.90 Å². The molecule has 2 bridgehead atoms. The van der Waals surface area contributed by atoms with Crippen molar-refractivity contribution >= 4 is 5.97 Å². The van der Waals surface area contributed by atoms with Gasteiger partial charge in [0.25, 0.3) is 0 Å². The quantitative estimate of drug-likeness (QED) is 0.877. The van der Waals surface area contributed by atoms with E-state index in [1.165, 1.54) is 12.8 Å². The van der Waals surface area contributed by atoms with Crippen LogP contribution < -0.4 is 5.32 Å². The van der Waals surface area contributed by atoms with Gasteiger partial charge >= 0.3 is 5.97 Å². The number of rotatable bonds is 3. The number of hydrogen-bond donors (Lipinski definition) is 2. The summed E-state index contributed by atoms with van der Waals surface area (Å²) in [5.41, 5.74) is 0.176. The fourth-order valence-corrected chi connectivity index (χ4v) is 3.49. The van der Waals surface area contributed by atoms with Crippen LogP contribution in [0.2, 0.25) is 0 Å². The zero-order valence-corrected chi connectivity index (χ0v) is 11.5. The molecular weight excluding hydrogens is 242 g/mol. The van der Waals surface area contributed by atoms with E-state index >= 15 is 0 Å². The second-order valence-corrected chi connectivity index (χ2v) is 6.10. The zero-order valence-electron chi connectivity index (χ0n) is 11.5. The summed E-state index contributed by atoms with van der Waals surface area (Å²) < 4.78 is 2.04. The molecule has 2 saturated heterocycles. The molecule has 2 atom stereocenters. The molecule has 0 spiro atoms. The van der Waals surface area contributed by atoms with Gasteiger partial charge in [0.05, 0.1) is 0 Å². The molecule has 0 saturated carbocycles. The third kappa shape index (κ3) is 2.27. The average molecular weight is 263 g/mol. The molecule has 0 aliphatic carbocycles. The highest BCUT2D eigenvalue weighted by Crippen LogP contribution is 2.37. The Hall–Kier alpha value is -1.36. The van der Waals surface area contributed by atoms with Crippen molar-refractivity contribution in [2.75, 3.05) is 0 Å². The Morgan fingerprint density at radius 2 is 2.05 bits per heavy atom. The summed E-state index contributed by atoms with van der Waals surface area (Å²) in [4.78, 5) is 15.5. The molecule has 2 aliphatic rings. The van der Waals surface area contributed by atoms with E-state index in [4.69, 9.17) is 5.11 Å². The summed E-state index contributed by atoms with van der Waals surface area (Å²) in [6.45, 7) is 4.15. The first-order valence-electron chi connectivity index (χ1n) is 7.12. The van der Waals surface area contributed by atoms with E-state index in [1.807, 2.05) is 4.57 Å². The lowest BCUT2D eigenvalue weighted by atomic mass is 9.91. The summed E-state index contributed by atoms with van der Waals surface area (Å²) in [6, 6.07) is 1.44. The van der Waals surface area contributed by atoms with Crippen molar-refractivity contribution in [3.63, 3.8) is 0 Å². The SMILES string of the molecule is CC(C)n1cc(C(=O)O)nc1C1CC2CCC(C1)N2. The van der Waals surface area contributed by atoms with Gasteiger partial charge in [0.15, 0.2) is 5.69 Å². The summed E-state index contributed by atoms with van der Waals surface area (Å²) in [7, 11) is 0. The standard InChI is InChI=1S/C14H21N3O2/c1-8(2)17-7-12(14(18)19)16-13(17)9-5-10-3-4-11(6-9)15-10/h7-11,15H,3-6H2,1-2H3,(H,18,19). The van der Waals surface area contributed by atoms with Crippen molar-refractivity contribution in [1.29, 1.82) is 0 Å². The molecule has 0 radical (unpaired) electrons. The number of nitrogens with one attached hydrogen (secondary N) is 1. The lowest BCUT2D eigenvalue weighted by molar-refractivity contribution is 0.0690. The number of hydrogen-bond acceptors (Lipinski definition) is 3. The number of piperidine rings is 1. The minimum absolute atomic E-state index is 0.176. The van der Waals surface area contributed by atoms with Crippen molar-refractivity contribution in [2.45, 2.75) is 63.6 Å². The maximum atomic E-state index is 11.1. The molecule has 5 heteroatoms. The van der Waals surface area contributed by atoms with Gasteiger partial charge in [0, 0.05) is 30.2 Å². The van der Waals surface area contributed by atoms with Gasteiger partial charge in [-0.2, -0.15) is 0 Å². The van der Waals surface area contributed by atoms with Crippen LogP contribution in [0.15, 0.2) is 6.20 Å². The molecular formula is C14H21N3O2. The van der Waals surface area contributed by atoms with E-state index in [2.05, 4.69) is 24.1 Å². The molecule has 2 aliphatic heterocycles.